The molecule has 0 spiro atoms. The summed E-state index contributed by atoms with van der Waals surface area (Å²) in [7, 11) is 2.12. The first kappa shape index (κ1) is 27.0. The first-order valence-corrected chi connectivity index (χ1v) is 13.8. The number of hydrogen-bond donors (Lipinski definition) is 0. The number of aromatic nitrogens is 2. The van der Waals surface area contributed by atoms with Gasteiger partial charge >= 0.3 is 0 Å². The Kier molecular flexibility index (Phi) is 8.96. The van der Waals surface area contributed by atoms with Crippen LogP contribution < -0.4 is 4.74 Å². The maximum Gasteiger partial charge on any atom is 0.223 e. The lowest BCUT2D eigenvalue weighted by Crippen LogP contribution is -2.52. The molecule has 7 nitrogen and oxygen atoms in total. The fraction of sp³-hybridized carbons (Fsp3) is 0.643. The predicted molar refractivity (Wildman–Crippen MR) is 145 cm³/mol. The average molecular weight is 516 g/mol. The van der Waals surface area contributed by atoms with Gasteiger partial charge in [0.05, 0.1) is 12.8 Å². The van der Waals surface area contributed by atoms with Gasteiger partial charge in [-0.3, -0.25) is 14.4 Å². The molecule has 0 unspecified atom stereocenters. The van der Waals surface area contributed by atoms with E-state index < -0.39 is 0 Å². The molecule has 1 atom stereocenters. The van der Waals surface area contributed by atoms with Gasteiger partial charge in [-0.15, -0.1) is 0 Å². The van der Waals surface area contributed by atoms with Gasteiger partial charge in [-0.25, -0.2) is 0 Å². The van der Waals surface area contributed by atoms with Crippen LogP contribution in [0.15, 0.2) is 24.4 Å². The molecule has 2 aliphatic rings. The smallest absolute Gasteiger partial charge is 0.223 e. The first-order chi connectivity index (χ1) is 17.3. The molecule has 198 valence electrons. The second kappa shape index (κ2) is 12.0. The van der Waals surface area contributed by atoms with Crippen molar-refractivity contribution in [3.05, 3.63) is 46.2 Å². The van der Waals surface area contributed by atoms with Gasteiger partial charge in [-0.1, -0.05) is 18.5 Å². The number of piperidine rings is 1. The van der Waals surface area contributed by atoms with Gasteiger partial charge < -0.3 is 14.5 Å². The van der Waals surface area contributed by atoms with Gasteiger partial charge in [-0.05, 0) is 70.5 Å². The molecule has 36 heavy (non-hydrogen) atoms. The van der Waals surface area contributed by atoms with Crippen LogP contribution in [0.2, 0.25) is 5.02 Å². The van der Waals surface area contributed by atoms with Crippen LogP contribution in [0.5, 0.6) is 5.75 Å². The normalized spacial score (nSPS) is 21.6. The summed E-state index contributed by atoms with van der Waals surface area (Å²) in [5, 5.41) is 5.34. The van der Waals surface area contributed by atoms with Gasteiger partial charge in [-0.2, -0.15) is 5.10 Å². The Morgan fingerprint density at radius 1 is 1.17 bits per heavy atom. The van der Waals surface area contributed by atoms with Crippen molar-refractivity contribution in [1.29, 1.82) is 0 Å². The summed E-state index contributed by atoms with van der Waals surface area (Å²) in [6.45, 7) is 14.0. The average Bonchev–Trinajstić information content (AvgIpc) is 3.19. The quantitative estimate of drug-likeness (QED) is 0.496. The van der Waals surface area contributed by atoms with E-state index in [2.05, 4.69) is 40.5 Å². The van der Waals surface area contributed by atoms with Crippen molar-refractivity contribution in [1.82, 2.24) is 24.5 Å². The number of likely N-dealkylation sites (tertiary alicyclic amines) is 1. The minimum absolute atomic E-state index is 0.223. The Bertz CT molecular complexity index is 1030. The van der Waals surface area contributed by atoms with Gasteiger partial charge in [0.15, 0.2) is 0 Å². The molecule has 2 aromatic rings. The zero-order chi connectivity index (χ0) is 25.7. The van der Waals surface area contributed by atoms with E-state index in [-0.39, 0.29) is 11.3 Å². The highest BCUT2D eigenvalue weighted by Gasteiger charge is 2.40. The largest absolute Gasteiger partial charge is 0.493 e. The number of rotatable bonds is 9. The highest BCUT2D eigenvalue weighted by atomic mass is 35.5. The number of likely N-dealkylation sites (N-methyl/N-ethyl adjacent to an activating group) is 1. The maximum absolute atomic E-state index is 13.5. The molecular weight excluding hydrogens is 474 g/mol. The summed E-state index contributed by atoms with van der Waals surface area (Å²) in [5.74, 6) is 1.07. The van der Waals surface area contributed by atoms with E-state index >= 15 is 0 Å². The molecule has 1 amide bonds. The van der Waals surface area contributed by atoms with E-state index in [1.807, 2.05) is 36.2 Å². The number of carbonyl (C=O) groups excluding carboxylic acids is 1. The number of hydrogen-bond acceptors (Lipinski definition) is 5. The van der Waals surface area contributed by atoms with Crippen LogP contribution in [0.1, 0.15) is 49.4 Å². The van der Waals surface area contributed by atoms with Crippen LogP contribution in [0.4, 0.5) is 0 Å². The van der Waals surface area contributed by atoms with Crippen LogP contribution >= 0.6 is 11.6 Å². The fourth-order valence-electron chi connectivity index (χ4n) is 5.51. The molecule has 2 fully saturated rings. The Morgan fingerprint density at radius 2 is 1.94 bits per heavy atom. The minimum atomic E-state index is -0.223. The molecule has 0 aliphatic carbocycles. The zero-order valence-electron chi connectivity index (χ0n) is 22.4. The monoisotopic (exact) mass is 515 g/mol. The van der Waals surface area contributed by atoms with Gasteiger partial charge in [0, 0.05) is 73.9 Å². The molecule has 0 N–H and O–H groups in total. The third kappa shape index (κ3) is 6.61. The van der Waals surface area contributed by atoms with Crippen molar-refractivity contribution in [2.45, 2.75) is 59.5 Å². The van der Waals surface area contributed by atoms with Crippen molar-refractivity contribution in [3.8, 4) is 5.75 Å². The Labute approximate surface area is 221 Å². The summed E-state index contributed by atoms with van der Waals surface area (Å²) in [6.07, 6.45) is 5.66. The van der Waals surface area contributed by atoms with E-state index in [9.17, 15) is 4.79 Å². The number of halogens is 1. The Balaban J connectivity index is 1.49. The van der Waals surface area contributed by atoms with E-state index in [1.165, 1.54) is 11.3 Å². The zero-order valence-corrected chi connectivity index (χ0v) is 23.2. The van der Waals surface area contributed by atoms with Crippen molar-refractivity contribution in [2.24, 2.45) is 5.41 Å². The SMILES string of the molecule is CCCn1ncc(CN2CCC[C@@](COc3ccc(Cl)c(C)c3)(CC(=O)N3CCN(C)CC3)C2)c1C. The van der Waals surface area contributed by atoms with Gasteiger partial charge in [0.1, 0.15) is 5.75 Å². The van der Waals surface area contributed by atoms with Crippen molar-refractivity contribution in [3.63, 3.8) is 0 Å². The van der Waals surface area contributed by atoms with Crippen LogP contribution in [-0.4, -0.2) is 83.3 Å². The van der Waals surface area contributed by atoms with Crippen LogP contribution in [0, 0.1) is 19.3 Å². The Morgan fingerprint density at radius 3 is 2.67 bits per heavy atom. The van der Waals surface area contributed by atoms with Crippen LogP contribution in [0.25, 0.3) is 0 Å². The number of nitrogens with zero attached hydrogens (tertiary/aromatic N) is 5. The van der Waals surface area contributed by atoms with Crippen molar-refractivity contribution >= 4 is 17.5 Å². The number of amides is 1. The van der Waals surface area contributed by atoms with Crippen molar-refractivity contribution < 1.29 is 9.53 Å². The van der Waals surface area contributed by atoms with E-state index in [1.54, 1.807) is 0 Å². The fourth-order valence-corrected chi connectivity index (χ4v) is 5.63. The van der Waals surface area contributed by atoms with Crippen LogP contribution in [-0.2, 0) is 17.9 Å². The molecule has 1 aromatic heterocycles. The summed E-state index contributed by atoms with van der Waals surface area (Å²) < 4.78 is 8.47. The standard InChI is InChI=1S/C28H42ClN5O2/c1-5-10-34-23(3)24(18-30-34)19-32-11-6-9-28(20-32,17-27(35)33-14-12-31(4)13-15-33)21-36-25-7-8-26(29)22(2)16-25/h7-8,16,18H,5-6,9-15,17,19-21H2,1-4H3/t28-/m1/s1. The second-order valence-corrected chi connectivity index (χ2v) is 11.3. The van der Waals surface area contributed by atoms with Crippen molar-refractivity contribution in [2.75, 3.05) is 52.9 Å². The summed E-state index contributed by atoms with van der Waals surface area (Å²) in [6, 6.07) is 5.81. The maximum atomic E-state index is 13.5. The van der Waals surface area contributed by atoms with E-state index in [0.29, 0.717) is 13.0 Å². The molecule has 1 aromatic carbocycles. The lowest BCUT2D eigenvalue weighted by Gasteiger charge is -2.43. The van der Waals surface area contributed by atoms with Gasteiger partial charge in [0.25, 0.3) is 0 Å². The lowest BCUT2D eigenvalue weighted by atomic mass is 9.77. The summed E-state index contributed by atoms with van der Waals surface area (Å²) >= 11 is 6.23. The predicted octanol–water partition coefficient (Wildman–Crippen LogP) is 4.39. The number of benzene rings is 1. The molecule has 0 radical (unpaired) electrons. The highest BCUT2D eigenvalue weighted by Crippen LogP contribution is 2.36. The number of piperazine rings is 1. The highest BCUT2D eigenvalue weighted by molar-refractivity contribution is 6.31. The molecule has 0 saturated carbocycles. The molecule has 3 heterocycles. The number of carbonyl (C=O) groups is 1. The van der Waals surface area contributed by atoms with Crippen LogP contribution in [0.3, 0.4) is 0 Å². The topological polar surface area (TPSA) is 53.8 Å². The number of ether oxygens (including phenoxy) is 1. The van der Waals surface area contributed by atoms with Gasteiger partial charge in [0.2, 0.25) is 5.91 Å². The third-order valence-electron chi connectivity index (χ3n) is 7.83. The van der Waals surface area contributed by atoms with E-state index in [0.717, 1.165) is 88.0 Å². The number of aryl methyl sites for hydroxylation is 2. The molecule has 2 saturated heterocycles. The first-order valence-electron chi connectivity index (χ1n) is 13.4. The molecule has 0 bridgehead atoms. The minimum Gasteiger partial charge on any atom is -0.493 e. The summed E-state index contributed by atoms with van der Waals surface area (Å²) in [5.41, 5.74) is 3.30. The summed E-state index contributed by atoms with van der Waals surface area (Å²) in [4.78, 5) is 20.3. The molecule has 4 rings (SSSR count). The Hall–Kier alpha value is -2.09. The van der Waals surface area contributed by atoms with E-state index in [4.69, 9.17) is 16.3 Å². The molecule has 2 aliphatic heterocycles. The second-order valence-electron chi connectivity index (χ2n) is 10.9. The molecular formula is C28H42ClN5O2. The molecule has 8 heteroatoms. The lowest BCUT2D eigenvalue weighted by molar-refractivity contribution is -0.137. The third-order valence-corrected chi connectivity index (χ3v) is 8.26.